The van der Waals surface area contributed by atoms with Crippen LogP contribution < -0.4 is 5.73 Å². The van der Waals surface area contributed by atoms with Crippen LogP contribution in [0.25, 0.3) is 0 Å². The van der Waals surface area contributed by atoms with Crippen LogP contribution in [-0.4, -0.2) is 18.0 Å². The van der Waals surface area contributed by atoms with Crippen molar-refractivity contribution in [2.75, 3.05) is 6.54 Å². The minimum atomic E-state index is -0.281. The molecule has 0 aromatic heterocycles. The molecule has 0 fully saturated rings. The molecule has 0 aliphatic heterocycles. The standard InChI is InChI=1S/C6H14N2O/c1-6(2,3)9-5(8)4-7/h8H,4,7H2,1-3H3. The number of nitrogens with one attached hydrogen (secondary N) is 1. The van der Waals surface area contributed by atoms with E-state index >= 15 is 0 Å². The fraction of sp³-hybridized carbons (Fsp3) is 0.833. The van der Waals surface area contributed by atoms with Gasteiger partial charge in [0.2, 0.25) is 0 Å². The third-order valence-electron chi connectivity index (χ3n) is 0.615. The molecule has 0 aliphatic rings. The number of hydrogen-bond acceptors (Lipinski definition) is 3. The Balaban J connectivity index is 3.60. The van der Waals surface area contributed by atoms with Crippen LogP contribution in [-0.2, 0) is 4.74 Å². The summed E-state index contributed by atoms with van der Waals surface area (Å²) >= 11 is 0. The molecular formula is C6H14N2O. The molecule has 0 radical (unpaired) electrons. The monoisotopic (exact) mass is 130 g/mol. The molecule has 0 rings (SSSR count). The number of ether oxygens (including phenoxy) is 1. The zero-order valence-electron chi connectivity index (χ0n) is 6.19. The second-order valence-electron chi connectivity index (χ2n) is 2.84. The van der Waals surface area contributed by atoms with E-state index in [-0.39, 0.29) is 18.0 Å². The Morgan fingerprint density at radius 1 is 1.56 bits per heavy atom. The smallest absolute Gasteiger partial charge is 0.195 e. The van der Waals surface area contributed by atoms with E-state index in [0.717, 1.165) is 0 Å². The molecule has 0 bridgehead atoms. The molecule has 0 heterocycles. The Bertz CT molecular complexity index is 104. The van der Waals surface area contributed by atoms with Crippen LogP contribution >= 0.6 is 0 Å². The molecule has 9 heavy (non-hydrogen) atoms. The van der Waals surface area contributed by atoms with Crippen molar-refractivity contribution in [2.45, 2.75) is 26.4 Å². The maximum atomic E-state index is 7.05. The van der Waals surface area contributed by atoms with Crippen molar-refractivity contribution >= 4 is 5.90 Å². The van der Waals surface area contributed by atoms with Gasteiger partial charge >= 0.3 is 0 Å². The molecule has 3 nitrogen and oxygen atoms in total. The molecule has 0 amide bonds. The number of nitrogens with two attached hydrogens (primary N) is 1. The molecule has 0 saturated carbocycles. The lowest BCUT2D eigenvalue weighted by Crippen LogP contribution is -2.27. The summed E-state index contributed by atoms with van der Waals surface area (Å²) in [6, 6.07) is 0. The van der Waals surface area contributed by atoms with Gasteiger partial charge in [-0.1, -0.05) is 0 Å². The summed E-state index contributed by atoms with van der Waals surface area (Å²) in [5, 5.41) is 7.05. The predicted molar refractivity (Wildman–Crippen MR) is 37.6 cm³/mol. The lowest BCUT2D eigenvalue weighted by molar-refractivity contribution is 0.112. The summed E-state index contributed by atoms with van der Waals surface area (Å²) in [7, 11) is 0. The molecule has 0 aliphatic carbocycles. The minimum Gasteiger partial charge on any atom is -0.474 e. The SMILES string of the molecule is CC(C)(C)OC(=N)CN. The van der Waals surface area contributed by atoms with Gasteiger partial charge in [0.25, 0.3) is 0 Å². The highest BCUT2D eigenvalue weighted by Crippen LogP contribution is 2.05. The van der Waals surface area contributed by atoms with Crippen molar-refractivity contribution in [1.29, 1.82) is 5.41 Å². The summed E-state index contributed by atoms with van der Waals surface area (Å²) < 4.78 is 5.05. The Morgan fingerprint density at radius 2 is 2.00 bits per heavy atom. The van der Waals surface area contributed by atoms with Gasteiger partial charge in [0.15, 0.2) is 5.90 Å². The van der Waals surface area contributed by atoms with Gasteiger partial charge in [-0.3, -0.25) is 5.41 Å². The lowest BCUT2D eigenvalue weighted by atomic mass is 10.2. The van der Waals surface area contributed by atoms with E-state index in [1.165, 1.54) is 0 Å². The first-order chi connectivity index (χ1) is 3.95. The molecule has 0 aromatic carbocycles. The number of hydrogen-bond donors (Lipinski definition) is 2. The Labute approximate surface area is 55.7 Å². The second-order valence-corrected chi connectivity index (χ2v) is 2.84. The van der Waals surface area contributed by atoms with Gasteiger partial charge in [-0.25, -0.2) is 0 Å². The lowest BCUT2D eigenvalue weighted by Gasteiger charge is -2.20. The first kappa shape index (κ1) is 8.43. The summed E-state index contributed by atoms with van der Waals surface area (Å²) in [4.78, 5) is 0. The summed E-state index contributed by atoms with van der Waals surface area (Å²) in [6.45, 7) is 5.84. The van der Waals surface area contributed by atoms with Gasteiger partial charge in [-0.05, 0) is 20.8 Å². The fourth-order valence-electron chi connectivity index (χ4n) is 0.411. The fourth-order valence-corrected chi connectivity index (χ4v) is 0.411. The highest BCUT2D eigenvalue weighted by Gasteiger charge is 2.11. The van der Waals surface area contributed by atoms with E-state index in [2.05, 4.69) is 0 Å². The summed E-state index contributed by atoms with van der Waals surface area (Å²) in [5.41, 5.74) is 4.85. The molecule has 3 N–H and O–H groups in total. The van der Waals surface area contributed by atoms with Gasteiger partial charge < -0.3 is 10.5 Å². The second kappa shape index (κ2) is 2.82. The van der Waals surface area contributed by atoms with Gasteiger partial charge in [0.05, 0.1) is 6.54 Å². The average Bonchev–Trinajstić information content (AvgIpc) is 1.62. The number of rotatable bonds is 1. The third kappa shape index (κ3) is 5.30. The van der Waals surface area contributed by atoms with Crippen molar-refractivity contribution in [2.24, 2.45) is 5.73 Å². The van der Waals surface area contributed by atoms with Crippen molar-refractivity contribution in [3.63, 3.8) is 0 Å². The van der Waals surface area contributed by atoms with E-state index < -0.39 is 0 Å². The first-order valence-electron chi connectivity index (χ1n) is 2.92. The maximum absolute atomic E-state index is 7.05. The van der Waals surface area contributed by atoms with E-state index in [1.54, 1.807) is 0 Å². The quantitative estimate of drug-likeness (QED) is 0.406. The van der Waals surface area contributed by atoms with Crippen molar-refractivity contribution in [1.82, 2.24) is 0 Å². The molecule has 54 valence electrons. The molecule has 0 unspecified atom stereocenters. The van der Waals surface area contributed by atoms with Crippen LogP contribution in [0.15, 0.2) is 0 Å². The Kier molecular flexibility index (Phi) is 2.65. The topological polar surface area (TPSA) is 59.1 Å². The summed E-state index contributed by atoms with van der Waals surface area (Å²) in [5.74, 6) is 0.141. The first-order valence-corrected chi connectivity index (χ1v) is 2.92. The minimum absolute atomic E-state index is 0.141. The Morgan fingerprint density at radius 3 is 2.11 bits per heavy atom. The molecule has 0 aromatic rings. The Hall–Kier alpha value is -0.570. The van der Waals surface area contributed by atoms with Gasteiger partial charge in [-0.15, -0.1) is 0 Å². The zero-order valence-corrected chi connectivity index (χ0v) is 6.19. The predicted octanol–water partition coefficient (Wildman–Crippen LogP) is 0.737. The van der Waals surface area contributed by atoms with E-state index in [0.29, 0.717) is 0 Å². The molecule has 0 saturated heterocycles. The molecule has 3 heteroatoms. The van der Waals surface area contributed by atoms with Crippen LogP contribution in [0.1, 0.15) is 20.8 Å². The highest BCUT2D eigenvalue weighted by atomic mass is 16.5. The normalized spacial score (nSPS) is 11.1. The van der Waals surface area contributed by atoms with Crippen molar-refractivity contribution in [3.8, 4) is 0 Å². The third-order valence-corrected chi connectivity index (χ3v) is 0.615. The van der Waals surface area contributed by atoms with Gasteiger partial charge in [-0.2, -0.15) is 0 Å². The largest absolute Gasteiger partial charge is 0.474 e. The van der Waals surface area contributed by atoms with E-state index in [9.17, 15) is 0 Å². The van der Waals surface area contributed by atoms with Crippen molar-refractivity contribution < 1.29 is 4.74 Å². The highest BCUT2D eigenvalue weighted by molar-refractivity contribution is 5.74. The van der Waals surface area contributed by atoms with Gasteiger partial charge in [0, 0.05) is 0 Å². The van der Waals surface area contributed by atoms with Gasteiger partial charge in [0.1, 0.15) is 5.60 Å². The molecule has 0 atom stereocenters. The molecule has 0 spiro atoms. The average molecular weight is 130 g/mol. The maximum Gasteiger partial charge on any atom is 0.195 e. The van der Waals surface area contributed by atoms with E-state index in [1.807, 2.05) is 20.8 Å². The van der Waals surface area contributed by atoms with Crippen LogP contribution in [0.5, 0.6) is 0 Å². The van der Waals surface area contributed by atoms with Crippen LogP contribution in [0.4, 0.5) is 0 Å². The molecular weight excluding hydrogens is 116 g/mol. The van der Waals surface area contributed by atoms with Crippen molar-refractivity contribution in [3.05, 3.63) is 0 Å². The van der Waals surface area contributed by atoms with Crippen LogP contribution in [0, 0.1) is 5.41 Å². The summed E-state index contributed by atoms with van der Waals surface area (Å²) in [6.07, 6.45) is 0. The van der Waals surface area contributed by atoms with E-state index in [4.69, 9.17) is 15.9 Å². The van der Waals surface area contributed by atoms with Crippen LogP contribution in [0.2, 0.25) is 0 Å². The zero-order chi connectivity index (χ0) is 7.49. The van der Waals surface area contributed by atoms with Crippen LogP contribution in [0.3, 0.4) is 0 Å².